The molecule has 1 fully saturated rings. The zero-order valence-electron chi connectivity index (χ0n) is 13.3. The summed E-state index contributed by atoms with van der Waals surface area (Å²) < 4.78 is 5.70. The minimum absolute atomic E-state index is 0.0875. The summed E-state index contributed by atoms with van der Waals surface area (Å²) in [6.45, 7) is 8.88. The van der Waals surface area contributed by atoms with Gasteiger partial charge in [-0.15, -0.1) is 0 Å². The van der Waals surface area contributed by atoms with Gasteiger partial charge in [-0.1, -0.05) is 13.0 Å². The van der Waals surface area contributed by atoms with Crippen LogP contribution in [0.15, 0.2) is 18.2 Å². The van der Waals surface area contributed by atoms with Crippen LogP contribution in [-0.2, 0) is 4.79 Å². The molecule has 1 heterocycles. The molecule has 0 bridgehead atoms. The van der Waals surface area contributed by atoms with Gasteiger partial charge in [-0.3, -0.25) is 4.79 Å². The fourth-order valence-electron chi connectivity index (χ4n) is 2.83. The molecule has 2 N–H and O–H groups in total. The zero-order chi connectivity index (χ0) is 15.5. The van der Waals surface area contributed by atoms with Crippen molar-refractivity contribution in [1.29, 1.82) is 0 Å². The van der Waals surface area contributed by atoms with E-state index in [0.717, 1.165) is 25.3 Å². The molecule has 4 nitrogen and oxygen atoms in total. The predicted octanol–water partition coefficient (Wildman–Crippen LogP) is 2.27. The largest absolute Gasteiger partial charge is 0.493 e. The molecule has 0 aromatic heterocycles. The van der Waals surface area contributed by atoms with E-state index in [1.165, 1.54) is 11.1 Å². The molecule has 1 saturated heterocycles. The molecule has 0 radical (unpaired) electrons. The van der Waals surface area contributed by atoms with Crippen LogP contribution in [0, 0.1) is 19.3 Å². The second kappa shape index (κ2) is 6.48. The van der Waals surface area contributed by atoms with Crippen molar-refractivity contribution in [3.63, 3.8) is 0 Å². The number of likely N-dealkylation sites (tertiary alicyclic amines) is 1. The first-order chi connectivity index (χ1) is 9.92. The Bertz CT molecular complexity index is 495. The van der Waals surface area contributed by atoms with Gasteiger partial charge in [0.2, 0.25) is 5.91 Å². The highest BCUT2D eigenvalue weighted by molar-refractivity contribution is 5.76. The van der Waals surface area contributed by atoms with Gasteiger partial charge >= 0.3 is 0 Å². The monoisotopic (exact) mass is 290 g/mol. The van der Waals surface area contributed by atoms with Gasteiger partial charge in [0.15, 0.2) is 0 Å². The topological polar surface area (TPSA) is 55.6 Å². The molecule has 4 heteroatoms. The van der Waals surface area contributed by atoms with Crippen LogP contribution in [0.4, 0.5) is 0 Å². The maximum Gasteiger partial charge on any atom is 0.226 e. The second-order valence-corrected chi connectivity index (χ2v) is 6.50. The van der Waals surface area contributed by atoms with Crippen molar-refractivity contribution in [3.8, 4) is 5.75 Å². The third-order valence-corrected chi connectivity index (χ3v) is 4.18. The summed E-state index contributed by atoms with van der Waals surface area (Å²) in [7, 11) is 0. The number of nitrogens with zero attached hydrogens (tertiary/aromatic N) is 1. The fourth-order valence-corrected chi connectivity index (χ4v) is 2.83. The van der Waals surface area contributed by atoms with Crippen molar-refractivity contribution in [2.75, 3.05) is 26.2 Å². The summed E-state index contributed by atoms with van der Waals surface area (Å²) in [4.78, 5) is 14.1. The van der Waals surface area contributed by atoms with E-state index in [1.807, 2.05) is 30.9 Å². The number of carbonyl (C=O) groups is 1. The molecule has 2 rings (SSSR count). The molecule has 0 saturated carbocycles. The average Bonchev–Trinajstić information content (AvgIpc) is 2.81. The van der Waals surface area contributed by atoms with Crippen LogP contribution >= 0.6 is 0 Å². The Morgan fingerprint density at radius 2 is 2.00 bits per heavy atom. The number of carbonyl (C=O) groups excluding carboxylic acids is 1. The van der Waals surface area contributed by atoms with Gasteiger partial charge in [0.05, 0.1) is 13.0 Å². The molecule has 0 aliphatic carbocycles. The molecule has 1 unspecified atom stereocenters. The molecule has 1 aromatic carbocycles. The van der Waals surface area contributed by atoms with Crippen molar-refractivity contribution in [2.24, 2.45) is 11.1 Å². The van der Waals surface area contributed by atoms with Crippen molar-refractivity contribution < 1.29 is 9.53 Å². The Labute approximate surface area is 127 Å². The lowest BCUT2D eigenvalue weighted by molar-refractivity contribution is -0.131. The number of hydrogen-bond donors (Lipinski definition) is 1. The fraction of sp³-hybridized carbons (Fsp3) is 0.588. The minimum Gasteiger partial charge on any atom is -0.493 e. The molecule has 1 aliphatic rings. The average molecular weight is 290 g/mol. The Hall–Kier alpha value is -1.55. The highest BCUT2D eigenvalue weighted by Gasteiger charge is 2.34. The Balaban J connectivity index is 1.80. The molecular formula is C17H26N2O2. The van der Waals surface area contributed by atoms with E-state index in [0.29, 0.717) is 19.6 Å². The van der Waals surface area contributed by atoms with E-state index >= 15 is 0 Å². The highest BCUT2D eigenvalue weighted by Crippen LogP contribution is 2.28. The molecule has 1 atom stereocenters. The Kier molecular flexibility index (Phi) is 4.88. The summed E-state index contributed by atoms with van der Waals surface area (Å²) in [5.74, 6) is 1.00. The van der Waals surface area contributed by atoms with Crippen molar-refractivity contribution in [1.82, 2.24) is 4.90 Å². The molecular weight excluding hydrogens is 264 g/mol. The summed E-state index contributed by atoms with van der Waals surface area (Å²) in [6.07, 6.45) is 1.42. The number of amides is 1. The van der Waals surface area contributed by atoms with Crippen LogP contribution in [0.2, 0.25) is 0 Å². The number of rotatable bonds is 5. The molecule has 1 amide bonds. The van der Waals surface area contributed by atoms with Gasteiger partial charge in [-0.2, -0.15) is 0 Å². The van der Waals surface area contributed by atoms with Crippen LogP contribution in [0.25, 0.3) is 0 Å². The van der Waals surface area contributed by atoms with Crippen LogP contribution in [0.1, 0.15) is 30.9 Å². The second-order valence-electron chi connectivity index (χ2n) is 6.50. The normalized spacial score (nSPS) is 21.6. The molecule has 116 valence electrons. The first-order valence-electron chi connectivity index (χ1n) is 7.61. The van der Waals surface area contributed by atoms with E-state index in [-0.39, 0.29) is 11.3 Å². The van der Waals surface area contributed by atoms with Gasteiger partial charge in [0, 0.05) is 13.1 Å². The third kappa shape index (κ3) is 4.21. The van der Waals surface area contributed by atoms with Crippen LogP contribution in [0.3, 0.4) is 0 Å². The molecule has 1 aliphatic heterocycles. The quantitative estimate of drug-likeness (QED) is 0.905. The zero-order valence-corrected chi connectivity index (χ0v) is 13.3. The number of ether oxygens (including phenoxy) is 1. The van der Waals surface area contributed by atoms with Crippen LogP contribution in [-0.4, -0.2) is 37.0 Å². The van der Waals surface area contributed by atoms with Crippen LogP contribution in [0.5, 0.6) is 5.75 Å². The van der Waals surface area contributed by atoms with Gasteiger partial charge in [-0.25, -0.2) is 0 Å². The molecule has 0 spiro atoms. The smallest absolute Gasteiger partial charge is 0.226 e. The molecule has 21 heavy (non-hydrogen) atoms. The summed E-state index contributed by atoms with van der Waals surface area (Å²) in [5.41, 5.74) is 8.21. The van der Waals surface area contributed by atoms with E-state index in [2.05, 4.69) is 13.0 Å². The first-order valence-corrected chi connectivity index (χ1v) is 7.61. The van der Waals surface area contributed by atoms with Crippen molar-refractivity contribution in [2.45, 2.75) is 33.6 Å². The summed E-state index contributed by atoms with van der Waals surface area (Å²) in [5, 5.41) is 0. The first kappa shape index (κ1) is 15.8. The molecule has 1 aromatic rings. The van der Waals surface area contributed by atoms with Gasteiger partial charge in [-0.05, 0) is 55.5 Å². The Morgan fingerprint density at radius 3 is 2.57 bits per heavy atom. The highest BCUT2D eigenvalue weighted by atomic mass is 16.5. The predicted molar refractivity (Wildman–Crippen MR) is 84.4 cm³/mol. The number of aryl methyl sites for hydroxylation is 2. The van der Waals surface area contributed by atoms with Crippen molar-refractivity contribution in [3.05, 3.63) is 29.3 Å². The maximum absolute atomic E-state index is 12.2. The minimum atomic E-state index is 0.0875. The maximum atomic E-state index is 12.2. The van der Waals surface area contributed by atoms with Crippen molar-refractivity contribution >= 4 is 5.91 Å². The number of hydrogen-bond acceptors (Lipinski definition) is 3. The van der Waals surface area contributed by atoms with Gasteiger partial charge < -0.3 is 15.4 Å². The standard InChI is InChI=1S/C17H26N2O2/c1-13-8-14(2)10-15(9-13)21-7-4-16(20)19-6-5-17(3,11-18)12-19/h8-10H,4-7,11-12,18H2,1-3H3. The Morgan fingerprint density at radius 1 is 1.33 bits per heavy atom. The summed E-state index contributed by atoms with van der Waals surface area (Å²) in [6, 6.07) is 6.10. The number of nitrogens with two attached hydrogens (primary N) is 1. The van der Waals surface area contributed by atoms with E-state index in [9.17, 15) is 4.79 Å². The van der Waals surface area contributed by atoms with E-state index < -0.39 is 0 Å². The lowest BCUT2D eigenvalue weighted by Gasteiger charge is -2.22. The van der Waals surface area contributed by atoms with Gasteiger partial charge in [0.25, 0.3) is 0 Å². The number of benzene rings is 1. The van der Waals surface area contributed by atoms with E-state index in [1.54, 1.807) is 0 Å². The lowest BCUT2D eigenvalue weighted by atomic mass is 9.90. The lowest BCUT2D eigenvalue weighted by Crippen LogP contribution is -2.35. The van der Waals surface area contributed by atoms with E-state index in [4.69, 9.17) is 10.5 Å². The SMILES string of the molecule is Cc1cc(C)cc(OCCC(=O)N2CCC(C)(CN)C2)c1. The van der Waals surface area contributed by atoms with Gasteiger partial charge in [0.1, 0.15) is 5.75 Å². The van der Waals surface area contributed by atoms with Crippen LogP contribution < -0.4 is 10.5 Å². The summed E-state index contributed by atoms with van der Waals surface area (Å²) >= 11 is 0. The third-order valence-electron chi connectivity index (χ3n) is 4.18.